The van der Waals surface area contributed by atoms with Crippen LogP contribution in [0.5, 0.6) is 0 Å². The number of fused-ring (bicyclic) bond motifs is 1. The summed E-state index contributed by atoms with van der Waals surface area (Å²) in [5.41, 5.74) is 4.59. The maximum atomic E-state index is 13.0. The van der Waals surface area contributed by atoms with Crippen LogP contribution in [0, 0.1) is 10.1 Å². The molecule has 0 saturated heterocycles. The number of nitrogens with zero attached hydrogens (tertiary/aromatic N) is 2. The van der Waals surface area contributed by atoms with Crippen LogP contribution < -0.4 is 10.7 Å². The number of thioether (sulfide) groups is 1. The molecule has 0 unspecified atom stereocenters. The molecule has 4 rings (SSSR count). The fourth-order valence-electron chi connectivity index (χ4n) is 3.63. The first-order valence-corrected chi connectivity index (χ1v) is 12.6. The predicted octanol–water partition coefficient (Wildman–Crippen LogP) is 4.93. The van der Waals surface area contributed by atoms with Crippen LogP contribution in [0.3, 0.4) is 0 Å². The minimum absolute atomic E-state index is 0.118. The second-order valence-corrected chi connectivity index (χ2v) is 9.16. The van der Waals surface area contributed by atoms with E-state index < -0.39 is 22.8 Å². The van der Waals surface area contributed by atoms with E-state index in [0.29, 0.717) is 11.5 Å². The summed E-state index contributed by atoms with van der Waals surface area (Å²) >= 11 is 1.50. The quantitative estimate of drug-likeness (QED) is 0.178. The SMILES string of the molecule is O=C(N[C@H](CSCc1ccccc1)C(=O)N/N=C\c1cccc2ccccc12)c1ccc([N+](=O)[O-])cc1. The average molecular weight is 513 g/mol. The number of rotatable bonds is 10. The number of nitro groups is 1. The molecule has 0 fully saturated rings. The molecule has 0 aliphatic heterocycles. The number of nitro benzene ring substituents is 1. The molecule has 37 heavy (non-hydrogen) atoms. The topological polar surface area (TPSA) is 114 Å². The molecule has 2 amide bonds. The van der Waals surface area contributed by atoms with Gasteiger partial charge in [0, 0.05) is 34.8 Å². The summed E-state index contributed by atoms with van der Waals surface area (Å²) in [4.78, 5) is 36.2. The first kappa shape index (κ1) is 25.6. The Bertz CT molecular complexity index is 1420. The zero-order chi connectivity index (χ0) is 26.0. The summed E-state index contributed by atoms with van der Waals surface area (Å²) in [5, 5.41) is 19.8. The minimum Gasteiger partial charge on any atom is -0.339 e. The van der Waals surface area contributed by atoms with Crippen molar-refractivity contribution in [3.63, 3.8) is 0 Å². The number of hydrogen-bond donors (Lipinski definition) is 2. The van der Waals surface area contributed by atoms with Gasteiger partial charge in [-0.1, -0.05) is 72.8 Å². The lowest BCUT2D eigenvalue weighted by Gasteiger charge is -2.17. The van der Waals surface area contributed by atoms with Crippen molar-refractivity contribution in [3.05, 3.63) is 124 Å². The Morgan fingerprint density at radius 2 is 1.62 bits per heavy atom. The summed E-state index contributed by atoms with van der Waals surface area (Å²) in [6, 6.07) is 27.8. The number of non-ortho nitro benzene ring substituents is 1. The third-order valence-electron chi connectivity index (χ3n) is 5.56. The Hall–Kier alpha value is -4.50. The lowest BCUT2D eigenvalue weighted by atomic mass is 10.1. The van der Waals surface area contributed by atoms with Gasteiger partial charge in [-0.05, 0) is 28.5 Å². The van der Waals surface area contributed by atoms with Gasteiger partial charge in [0.1, 0.15) is 6.04 Å². The molecule has 0 aliphatic rings. The fourth-order valence-corrected chi connectivity index (χ4v) is 4.65. The van der Waals surface area contributed by atoms with Crippen LogP contribution in [0.15, 0.2) is 102 Å². The molecule has 0 saturated carbocycles. The van der Waals surface area contributed by atoms with Gasteiger partial charge < -0.3 is 5.32 Å². The van der Waals surface area contributed by atoms with Gasteiger partial charge in [0.15, 0.2) is 0 Å². The van der Waals surface area contributed by atoms with Crippen molar-refractivity contribution >= 4 is 46.3 Å². The maximum absolute atomic E-state index is 13.0. The van der Waals surface area contributed by atoms with Crippen LogP contribution in [0.1, 0.15) is 21.5 Å². The van der Waals surface area contributed by atoms with E-state index in [1.54, 1.807) is 6.21 Å². The van der Waals surface area contributed by atoms with Gasteiger partial charge in [0.2, 0.25) is 0 Å². The first-order chi connectivity index (χ1) is 18.0. The van der Waals surface area contributed by atoms with Crippen LogP contribution in [0.4, 0.5) is 5.69 Å². The summed E-state index contributed by atoms with van der Waals surface area (Å²) in [7, 11) is 0. The molecule has 2 N–H and O–H groups in total. The molecule has 4 aromatic rings. The van der Waals surface area contributed by atoms with Gasteiger partial charge >= 0.3 is 0 Å². The van der Waals surface area contributed by atoms with Gasteiger partial charge in [-0.2, -0.15) is 16.9 Å². The summed E-state index contributed by atoms with van der Waals surface area (Å²) in [6.07, 6.45) is 1.58. The van der Waals surface area contributed by atoms with Crippen molar-refractivity contribution in [1.82, 2.24) is 10.7 Å². The van der Waals surface area contributed by atoms with E-state index in [9.17, 15) is 19.7 Å². The first-order valence-electron chi connectivity index (χ1n) is 11.5. The van der Waals surface area contributed by atoms with Crippen LogP contribution in [0.2, 0.25) is 0 Å². The number of hydrazone groups is 1. The van der Waals surface area contributed by atoms with Crippen LogP contribution in [-0.2, 0) is 10.5 Å². The molecule has 0 spiro atoms. The molecule has 0 bridgehead atoms. The van der Waals surface area contributed by atoms with Gasteiger partial charge in [-0.25, -0.2) is 5.43 Å². The molecular weight excluding hydrogens is 488 g/mol. The maximum Gasteiger partial charge on any atom is 0.269 e. The van der Waals surface area contributed by atoms with E-state index in [0.717, 1.165) is 21.9 Å². The predicted molar refractivity (Wildman–Crippen MR) is 147 cm³/mol. The second-order valence-electron chi connectivity index (χ2n) is 8.13. The normalized spacial score (nSPS) is 11.8. The van der Waals surface area contributed by atoms with E-state index in [1.165, 1.54) is 36.0 Å². The monoisotopic (exact) mass is 512 g/mol. The molecule has 9 heteroatoms. The highest BCUT2D eigenvalue weighted by molar-refractivity contribution is 7.98. The second kappa shape index (κ2) is 12.5. The number of amides is 2. The van der Waals surface area contributed by atoms with Crippen molar-refractivity contribution in [1.29, 1.82) is 0 Å². The molecule has 0 heterocycles. The number of carbonyl (C=O) groups excluding carboxylic acids is 2. The fraction of sp³-hybridized carbons (Fsp3) is 0.107. The number of benzene rings is 4. The molecule has 0 aliphatic carbocycles. The highest BCUT2D eigenvalue weighted by Crippen LogP contribution is 2.17. The number of hydrogen-bond acceptors (Lipinski definition) is 6. The van der Waals surface area contributed by atoms with Crippen LogP contribution in [0.25, 0.3) is 10.8 Å². The average Bonchev–Trinajstić information content (AvgIpc) is 2.93. The molecule has 4 aromatic carbocycles. The van der Waals surface area contributed by atoms with E-state index >= 15 is 0 Å². The smallest absolute Gasteiger partial charge is 0.269 e. The van der Waals surface area contributed by atoms with Crippen molar-refractivity contribution in [2.75, 3.05) is 5.75 Å². The molecule has 1 atom stereocenters. The summed E-state index contributed by atoms with van der Waals surface area (Å²) in [6.45, 7) is 0. The van der Waals surface area contributed by atoms with Gasteiger partial charge in [0.25, 0.3) is 17.5 Å². The van der Waals surface area contributed by atoms with Gasteiger partial charge in [-0.3, -0.25) is 19.7 Å². The molecule has 186 valence electrons. The zero-order valence-electron chi connectivity index (χ0n) is 19.7. The van der Waals surface area contributed by atoms with E-state index in [1.807, 2.05) is 72.8 Å². The molecule has 0 aromatic heterocycles. The van der Waals surface area contributed by atoms with Crippen LogP contribution in [-0.4, -0.2) is 34.7 Å². The van der Waals surface area contributed by atoms with Crippen molar-refractivity contribution in [2.24, 2.45) is 5.10 Å². The minimum atomic E-state index is -0.874. The Balaban J connectivity index is 1.45. The Kier molecular flexibility index (Phi) is 8.62. The Morgan fingerprint density at radius 1 is 0.919 bits per heavy atom. The zero-order valence-corrected chi connectivity index (χ0v) is 20.6. The molecule has 8 nitrogen and oxygen atoms in total. The van der Waals surface area contributed by atoms with Gasteiger partial charge in [-0.15, -0.1) is 0 Å². The third-order valence-corrected chi connectivity index (χ3v) is 6.67. The summed E-state index contributed by atoms with van der Waals surface area (Å²) < 4.78 is 0. The van der Waals surface area contributed by atoms with E-state index in [4.69, 9.17) is 0 Å². The summed E-state index contributed by atoms with van der Waals surface area (Å²) in [5.74, 6) is 0.00118. The van der Waals surface area contributed by atoms with Crippen LogP contribution >= 0.6 is 11.8 Å². The van der Waals surface area contributed by atoms with Crippen molar-refractivity contribution in [3.8, 4) is 0 Å². The lowest BCUT2D eigenvalue weighted by Crippen LogP contribution is -2.47. The van der Waals surface area contributed by atoms with Crippen molar-refractivity contribution in [2.45, 2.75) is 11.8 Å². The lowest BCUT2D eigenvalue weighted by molar-refractivity contribution is -0.384. The Morgan fingerprint density at radius 3 is 2.38 bits per heavy atom. The number of nitrogens with one attached hydrogen (secondary N) is 2. The highest BCUT2D eigenvalue weighted by atomic mass is 32.2. The molecular formula is C28H24N4O4S. The standard InChI is InChI=1S/C28H24N4O4S/c33-27(22-13-15-24(16-14-22)32(35)36)30-26(19-37-18-20-7-2-1-3-8-20)28(34)31-29-17-23-11-6-10-21-9-4-5-12-25(21)23/h1-17,26H,18-19H2,(H,30,33)(H,31,34)/b29-17-/t26-/m1/s1. The third kappa shape index (κ3) is 7.02. The highest BCUT2D eigenvalue weighted by Gasteiger charge is 2.22. The Labute approximate surface area is 217 Å². The number of carbonyl (C=O) groups is 2. The largest absolute Gasteiger partial charge is 0.339 e. The van der Waals surface area contributed by atoms with Gasteiger partial charge in [0.05, 0.1) is 11.1 Å². The van der Waals surface area contributed by atoms with E-state index in [2.05, 4.69) is 15.8 Å². The van der Waals surface area contributed by atoms with Crippen molar-refractivity contribution < 1.29 is 14.5 Å². The van der Waals surface area contributed by atoms with E-state index in [-0.39, 0.29) is 11.3 Å². The molecule has 0 radical (unpaired) electrons.